The normalized spacial score (nSPS) is 10.7. The Morgan fingerprint density at radius 1 is 1.21 bits per heavy atom. The van der Waals surface area contributed by atoms with Gasteiger partial charge in [-0.15, -0.1) is 0 Å². The van der Waals surface area contributed by atoms with Gasteiger partial charge in [-0.2, -0.15) is 5.10 Å². The zero-order valence-electron chi connectivity index (χ0n) is 7.06. The van der Waals surface area contributed by atoms with E-state index < -0.39 is 23.7 Å². The molecule has 2 amide bonds. The molecule has 78 valence electrons. The fourth-order valence-electron chi connectivity index (χ4n) is 0.559. The Balaban J connectivity index is 4.29. The molecule has 0 saturated heterocycles. The molecule has 0 aliphatic rings. The number of nitrogens with one attached hydrogen (secondary N) is 1. The summed E-state index contributed by atoms with van der Waals surface area (Å²) in [6, 6.07) is -1.01. The fraction of sp³-hybridized carbons (Fsp3) is 0.333. The molecule has 0 atom stereocenters. The number of hydrogen-bond donors (Lipinski definition) is 4. The van der Waals surface area contributed by atoms with Crippen molar-refractivity contribution in [2.75, 3.05) is 0 Å². The Hall–Kier alpha value is -2.12. The first-order chi connectivity index (χ1) is 6.43. The lowest BCUT2D eigenvalue weighted by Crippen LogP contribution is -2.28. The molecule has 0 heterocycles. The first kappa shape index (κ1) is 11.9. The molecule has 0 unspecified atom stereocenters. The van der Waals surface area contributed by atoms with Crippen LogP contribution in [0.2, 0.25) is 0 Å². The Morgan fingerprint density at radius 2 is 1.79 bits per heavy atom. The standard InChI is InChI=1S/C6H9N3O5/c7-6(14)9-8-3(5(12)13)1-2-4(10)11/h1-2H2,(H,10,11)(H,12,13)(H3,7,9,14). The Labute approximate surface area is 78.4 Å². The van der Waals surface area contributed by atoms with Crippen LogP contribution >= 0.6 is 0 Å². The maximum absolute atomic E-state index is 10.4. The highest BCUT2D eigenvalue weighted by Gasteiger charge is 2.11. The van der Waals surface area contributed by atoms with Gasteiger partial charge >= 0.3 is 18.0 Å². The van der Waals surface area contributed by atoms with Crippen molar-refractivity contribution < 1.29 is 24.6 Å². The second kappa shape index (κ2) is 5.51. The largest absolute Gasteiger partial charge is 0.481 e. The van der Waals surface area contributed by atoms with Crippen LogP contribution in [-0.2, 0) is 9.59 Å². The van der Waals surface area contributed by atoms with E-state index in [0.717, 1.165) is 0 Å². The highest BCUT2D eigenvalue weighted by atomic mass is 16.4. The summed E-state index contributed by atoms with van der Waals surface area (Å²) in [5.41, 5.74) is 5.87. The quantitative estimate of drug-likeness (QED) is 0.333. The number of nitrogens with zero attached hydrogens (tertiary/aromatic N) is 1. The van der Waals surface area contributed by atoms with E-state index in [1.807, 2.05) is 0 Å². The smallest absolute Gasteiger partial charge is 0.352 e. The predicted molar refractivity (Wildman–Crippen MR) is 44.7 cm³/mol. The molecule has 0 aliphatic carbocycles. The summed E-state index contributed by atoms with van der Waals surface area (Å²) in [6.45, 7) is 0. The van der Waals surface area contributed by atoms with Crippen LogP contribution in [0.3, 0.4) is 0 Å². The van der Waals surface area contributed by atoms with Gasteiger partial charge in [0.1, 0.15) is 5.71 Å². The lowest BCUT2D eigenvalue weighted by molar-refractivity contribution is -0.136. The van der Waals surface area contributed by atoms with Crippen LogP contribution in [0.25, 0.3) is 0 Å². The maximum Gasteiger partial charge on any atom is 0.352 e. The van der Waals surface area contributed by atoms with Gasteiger partial charge in [-0.25, -0.2) is 15.0 Å². The number of carboxylic acid groups (broad SMARTS) is 2. The number of amides is 2. The van der Waals surface area contributed by atoms with Gasteiger partial charge in [0, 0.05) is 6.42 Å². The average molecular weight is 203 g/mol. The van der Waals surface area contributed by atoms with E-state index in [2.05, 4.69) is 10.8 Å². The van der Waals surface area contributed by atoms with Crippen molar-refractivity contribution in [3.63, 3.8) is 0 Å². The van der Waals surface area contributed by atoms with Gasteiger partial charge in [0.05, 0.1) is 6.42 Å². The molecule has 0 aromatic heterocycles. The molecule has 0 bridgehead atoms. The molecule has 0 saturated carbocycles. The highest BCUT2D eigenvalue weighted by Crippen LogP contribution is 1.93. The minimum Gasteiger partial charge on any atom is -0.481 e. The number of carbonyl (C=O) groups excluding carboxylic acids is 1. The molecule has 0 aromatic rings. The van der Waals surface area contributed by atoms with Crippen molar-refractivity contribution in [2.45, 2.75) is 12.8 Å². The van der Waals surface area contributed by atoms with E-state index in [4.69, 9.17) is 10.2 Å². The van der Waals surface area contributed by atoms with Gasteiger partial charge < -0.3 is 15.9 Å². The van der Waals surface area contributed by atoms with Crippen LogP contribution in [0.5, 0.6) is 0 Å². The van der Waals surface area contributed by atoms with E-state index in [1.54, 1.807) is 5.43 Å². The number of nitrogens with two attached hydrogens (primary N) is 1. The lowest BCUT2D eigenvalue weighted by atomic mass is 10.2. The zero-order chi connectivity index (χ0) is 11.1. The van der Waals surface area contributed by atoms with Crippen molar-refractivity contribution in [3.05, 3.63) is 0 Å². The van der Waals surface area contributed by atoms with Crippen molar-refractivity contribution >= 4 is 23.7 Å². The molecule has 0 radical (unpaired) electrons. The first-order valence-electron chi connectivity index (χ1n) is 3.50. The third-order valence-corrected chi connectivity index (χ3v) is 1.12. The lowest BCUT2D eigenvalue weighted by Gasteiger charge is -1.98. The average Bonchev–Trinajstić information content (AvgIpc) is 2.02. The van der Waals surface area contributed by atoms with Gasteiger partial charge in [0.25, 0.3) is 0 Å². The number of urea groups is 1. The molecule has 14 heavy (non-hydrogen) atoms. The zero-order valence-corrected chi connectivity index (χ0v) is 7.06. The minimum atomic E-state index is -1.40. The highest BCUT2D eigenvalue weighted by molar-refractivity contribution is 6.35. The van der Waals surface area contributed by atoms with Crippen LogP contribution in [0.4, 0.5) is 4.79 Å². The van der Waals surface area contributed by atoms with E-state index in [9.17, 15) is 14.4 Å². The van der Waals surface area contributed by atoms with Gasteiger partial charge in [-0.05, 0) is 0 Å². The number of primary amides is 1. The monoisotopic (exact) mass is 203 g/mol. The number of hydrogen-bond acceptors (Lipinski definition) is 4. The van der Waals surface area contributed by atoms with E-state index in [-0.39, 0.29) is 12.8 Å². The number of carbonyl (C=O) groups is 3. The summed E-state index contributed by atoms with van der Waals surface area (Å²) in [6.07, 6.45) is -0.670. The predicted octanol–water partition coefficient (Wildman–Crippen LogP) is -1.04. The van der Waals surface area contributed by atoms with E-state index in [1.165, 1.54) is 0 Å². The van der Waals surface area contributed by atoms with Crippen molar-refractivity contribution in [3.8, 4) is 0 Å². The number of aliphatic carboxylic acids is 2. The summed E-state index contributed by atoms with van der Waals surface area (Å²) in [7, 11) is 0. The van der Waals surface area contributed by atoms with Crippen molar-refractivity contribution in [1.82, 2.24) is 5.43 Å². The Morgan fingerprint density at radius 3 is 2.14 bits per heavy atom. The molecule has 0 aromatic carbocycles. The summed E-state index contributed by atoms with van der Waals surface area (Å²) < 4.78 is 0. The maximum atomic E-state index is 10.4. The van der Waals surface area contributed by atoms with Crippen LogP contribution in [0, 0.1) is 0 Å². The molecule has 8 nitrogen and oxygen atoms in total. The SMILES string of the molecule is NC(=O)NN=C(CCC(=O)O)C(=O)O. The van der Waals surface area contributed by atoms with Crippen molar-refractivity contribution in [1.29, 1.82) is 0 Å². The van der Waals surface area contributed by atoms with Gasteiger partial charge in [0.15, 0.2) is 0 Å². The molecular weight excluding hydrogens is 194 g/mol. The molecular formula is C6H9N3O5. The molecule has 8 heteroatoms. The van der Waals surface area contributed by atoms with Crippen LogP contribution in [0.1, 0.15) is 12.8 Å². The summed E-state index contributed by atoms with van der Waals surface area (Å²) in [4.78, 5) is 30.7. The number of rotatable bonds is 5. The van der Waals surface area contributed by atoms with Crippen LogP contribution in [0.15, 0.2) is 5.10 Å². The van der Waals surface area contributed by atoms with Crippen molar-refractivity contribution in [2.24, 2.45) is 10.8 Å². The van der Waals surface area contributed by atoms with Gasteiger partial charge in [0.2, 0.25) is 0 Å². The second-order valence-electron chi connectivity index (χ2n) is 2.23. The molecule has 0 spiro atoms. The van der Waals surface area contributed by atoms with Crippen LogP contribution in [-0.4, -0.2) is 33.9 Å². The third-order valence-electron chi connectivity index (χ3n) is 1.12. The molecule has 0 aliphatic heterocycles. The van der Waals surface area contributed by atoms with E-state index in [0.29, 0.717) is 0 Å². The topological polar surface area (TPSA) is 142 Å². The number of carboxylic acids is 2. The van der Waals surface area contributed by atoms with E-state index >= 15 is 0 Å². The fourth-order valence-corrected chi connectivity index (χ4v) is 0.559. The minimum absolute atomic E-state index is 0.287. The second-order valence-corrected chi connectivity index (χ2v) is 2.23. The van der Waals surface area contributed by atoms with Crippen LogP contribution < -0.4 is 11.2 Å². The number of hydrazone groups is 1. The Bertz CT molecular complexity index is 285. The first-order valence-corrected chi connectivity index (χ1v) is 3.50. The summed E-state index contributed by atoms with van der Waals surface area (Å²) in [5.74, 6) is -2.56. The van der Waals surface area contributed by atoms with Gasteiger partial charge in [-0.3, -0.25) is 4.79 Å². The summed E-state index contributed by atoms with van der Waals surface area (Å²) >= 11 is 0. The molecule has 0 fully saturated rings. The Kier molecular flexibility index (Phi) is 4.68. The van der Waals surface area contributed by atoms with Gasteiger partial charge in [-0.1, -0.05) is 0 Å². The molecule has 0 rings (SSSR count). The summed E-state index contributed by atoms with van der Waals surface area (Å²) in [5, 5.41) is 19.9. The molecule has 5 N–H and O–H groups in total. The third kappa shape index (κ3) is 5.52.